The zero-order chi connectivity index (χ0) is 11.7. The molecule has 0 atom stereocenters. The van der Waals surface area contributed by atoms with Gasteiger partial charge in [-0.2, -0.15) is 0 Å². The van der Waals surface area contributed by atoms with Gasteiger partial charge in [0.25, 0.3) is 0 Å². The Balaban J connectivity index is 1.99. The van der Waals surface area contributed by atoms with Gasteiger partial charge in [0.05, 0.1) is 19.5 Å². The summed E-state index contributed by atoms with van der Waals surface area (Å²) in [5.74, 6) is 0.233. The van der Waals surface area contributed by atoms with E-state index in [9.17, 15) is 0 Å². The standard InChI is InChI=1S/C14H14O3/c1-14(16-8-9-17-14)12-5-2-4-11(10-12)13-6-3-7-15-13/h2-7,10H,8-9H2,1H3. The fourth-order valence-corrected chi connectivity index (χ4v) is 2.08. The maximum absolute atomic E-state index is 5.65. The molecule has 0 aliphatic carbocycles. The van der Waals surface area contributed by atoms with Gasteiger partial charge in [0.1, 0.15) is 5.76 Å². The average molecular weight is 230 g/mol. The van der Waals surface area contributed by atoms with Crippen LogP contribution in [0.25, 0.3) is 11.3 Å². The molecule has 1 aromatic carbocycles. The lowest BCUT2D eigenvalue weighted by atomic mass is 10.0. The largest absolute Gasteiger partial charge is 0.464 e. The zero-order valence-electron chi connectivity index (χ0n) is 9.68. The third-order valence-electron chi connectivity index (χ3n) is 3.03. The van der Waals surface area contributed by atoms with Crippen LogP contribution in [0.2, 0.25) is 0 Å². The minimum Gasteiger partial charge on any atom is -0.464 e. The van der Waals surface area contributed by atoms with Crippen molar-refractivity contribution < 1.29 is 13.9 Å². The Kier molecular flexibility index (Phi) is 2.50. The Bertz CT molecular complexity index is 496. The molecule has 0 bridgehead atoms. The fraction of sp³-hybridized carbons (Fsp3) is 0.286. The molecule has 1 aromatic heterocycles. The van der Waals surface area contributed by atoms with Crippen LogP contribution in [0.4, 0.5) is 0 Å². The van der Waals surface area contributed by atoms with Crippen molar-refractivity contribution in [2.24, 2.45) is 0 Å². The average Bonchev–Trinajstić information content (AvgIpc) is 3.01. The quantitative estimate of drug-likeness (QED) is 0.794. The fourth-order valence-electron chi connectivity index (χ4n) is 2.08. The highest BCUT2D eigenvalue weighted by Crippen LogP contribution is 2.33. The lowest BCUT2D eigenvalue weighted by molar-refractivity contribution is -0.149. The monoisotopic (exact) mass is 230 g/mol. The van der Waals surface area contributed by atoms with Crippen LogP contribution in [0.1, 0.15) is 12.5 Å². The molecule has 17 heavy (non-hydrogen) atoms. The van der Waals surface area contributed by atoms with Gasteiger partial charge in [0.15, 0.2) is 5.79 Å². The van der Waals surface area contributed by atoms with Crippen LogP contribution >= 0.6 is 0 Å². The molecule has 1 saturated heterocycles. The van der Waals surface area contributed by atoms with Crippen molar-refractivity contribution in [3.63, 3.8) is 0 Å². The molecule has 1 aliphatic rings. The van der Waals surface area contributed by atoms with Crippen molar-refractivity contribution in [1.29, 1.82) is 0 Å². The minimum absolute atomic E-state index is 0.622. The van der Waals surface area contributed by atoms with Crippen molar-refractivity contribution in [2.45, 2.75) is 12.7 Å². The highest BCUT2D eigenvalue weighted by atomic mass is 16.7. The SMILES string of the molecule is CC1(c2cccc(-c3ccco3)c2)OCCO1. The zero-order valence-corrected chi connectivity index (χ0v) is 9.68. The molecule has 0 unspecified atom stereocenters. The molecule has 3 rings (SSSR count). The highest BCUT2D eigenvalue weighted by molar-refractivity contribution is 5.58. The summed E-state index contributed by atoms with van der Waals surface area (Å²) in [6.45, 7) is 3.23. The Morgan fingerprint density at radius 2 is 1.88 bits per heavy atom. The number of hydrogen-bond donors (Lipinski definition) is 0. The van der Waals surface area contributed by atoms with Gasteiger partial charge in [-0.25, -0.2) is 0 Å². The molecule has 3 nitrogen and oxygen atoms in total. The van der Waals surface area contributed by atoms with E-state index in [1.807, 2.05) is 43.3 Å². The maximum atomic E-state index is 5.65. The molecule has 2 heterocycles. The van der Waals surface area contributed by atoms with Crippen LogP contribution in [0.5, 0.6) is 0 Å². The summed E-state index contributed by atoms with van der Waals surface area (Å²) in [6, 6.07) is 11.9. The number of benzene rings is 1. The lowest BCUT2D eigenvalue weighted by Crippen LogP contribution is -2.22. The van der Waals surface area contributed by atoms with Gasteiger partial charge in [0.2, 0.25) is 0 Å². The summed E-state index contributed by atoms with van der Waals surface area (Å²) >= 11 is 0. The Hall–Kier alpha value is -1.58. The second kappa shape index (κ2) is 4.02. The third-order valence-corrected chi connectivity index (χ3v) is 3.03. The van der Waals surface area contributed by atoms with Crippen molar-refractivity contribution in [2.75, 3.05) is 13.2 Å². The molecule has 0 N–H and O–H groups in total. The Labute approximate surface area is 100.0 Å². The predicted molar refractivity (Wildman–Crippen MR) is 63.4 cm³/mol. The first kappa shape index (κ1) is 10.6. The molecule has 1 fully saturated rings. The summed E-state index contributed by atoms with van der Waals surface area (Å²) in [5, 5.41) is 0. The molecular formula is C14H14O3. The number of ether oxygens (including phenoxy) is 2. The topological polar surface area (TPSA) is 31.6 Å². The maximum Gasteiger partial charge on any atom is 0.192 e. The van der Waals surface area contributed by atoms with Crippen molar-refractivity contribution in [1.82, 2.24) is 0 Å². The van der Waals surface area contributed by atoms with E-state index in [0.717, 1.165) is 16.9 Å². The lowest BCUT2D eigenvalue weighted by Gasteiger charge is -2.23. The summed E-state index contributed by atoms with van der Waals surface area (Å²) in [6.07, 6.45) is 1.67. The van der Waals surface area contributed by atoms with Crippen LogP contribution < -0.4 is 0 Å². The van der Waals surface area contributed by atoms with Crippen LogP contribution in [0.3, 0.4) is 0 Å². The van der Waals surface area contributed by atoms with Crippen LogP contribution in [-0.4, -0.2) is 13.2 Å². The molecule has 0 amide bonds. The van der Waals surface area contributed by atoms with Crippen LogP contribution in [0.15, 0.2) is 47.1 Å². The van der Waals surface area contributed by atoms with Crippen molar-refractivity contribution in [3.8, 4) is 11.3 Å². The smallest absolute Gasteiger partial charge is 0.192 e. The molecule has 88 valence electrons. The highest BCUT2D eigenvalue weighted by Gasteiger charge is 2.33. The first-order chi connectivity index (χ1) is 8.28. The van der Waals surface area contributed by atoms with E-state index in [-0.39, 0.29) is 0 Å². The van der Waals surface area contributed by atoms with E-state index >= 15 is 0 Å². The minimum atomic E-state index is -0.622. The van der Waals surface area contributed by atoms with E-state index in [2.05, 4.69) is 0 Å². The molecule has 1 aliphatic heterocycles. The van der Waals surface area contributed by atoms with E-state index in [4.69, 9.17) is 13.9 Å². The number of hydrogen-bond acceptors (Lipinski definition) is 3. The molecular weight excluding hydrogens is 216 g/mol. The third kappa shape index (κ3) is 1.88. The van der Waals surface area contributed by atoms with Gasteiger partial charge >= 0.3 is 0 Å². The van der Waals surface area contributed by atoms with E-state index in [1.165, 1.54) is 0 Å². The first-order valence-electron chi connectivity index (χ1n) is 5.70. The molecule has 0 saturated carbocycles. The van der Waals surface area contributed by atoms with Gasteiger partial charge in [-0.1, -0.05) is 18.2 Å². The van der Waals surface area contributed by atoms with Gasteiger partial charge in [-0.3, -0.25) is 0 Å². The summed E-state index contributed by atoms with van der Waals surface area (Å²) in [7, 11) is 0. The molecule has 2 aromatic rings. The van der Waals surface area contributed by atoms with E-state index in [1.54, 1.807) is 6.26 Å². The Morgan fingerprint density at radius 1 is 1.06 bits per heavy atom. The number of furan rings is 1. The summed E-state index contributed by atoms with van der Waals surface area (Å²) in [5.41, 5.74) is 2.05. The summed E-state index contributed by atoms with van der Waals surface area (Å²) in [4.78, 5) is 0. The van der Waals surface area contributed by atoms with E-state index in [0.29, 0.717) is 13.2 Å². The van der Waals surface area contributed by atoms with Gasteiger partial charge < -0.3 is 13.9 Å². The summed E-state index contributed by atoms with van der Waals surface area (Å²) < 4.78 is 16.7. The normalized spacial score (nSPS) is 18.4. The molecule has 0 spiro atoms. The van der Waals surface area contributed by atoms with Gasteiger partial charge in [-0.05, 0) is 25.1 Å². The van der Waals surface area contributed by atoms with Crippen molar-refractivity contribution in [3.05, 3.63) is 48.2 Å². The van der Waals surface area contributed by atoms with Gasteiger partial charge in [-0.15, -0.1) is 0 Å². The van der Waals surface area contributed by atoms with E-state index < -0.39 is 5.79 Å². The van der Waals surface area contributed by atoms with Crippen molar-refractivity contribution >= 4 is 0 Å². The first-order valence-corrected chi connectivity index (χ1v) is 5.70. The molecule has 0 radical (unpaired) electrons. The number of rotatable bonds is 2. The van der Waals surface area contributed by atoms with Crippen LogP contribution in [0, 0.1) is 0 Å². The van der Waals surface area contributed by atoms with Gasteiger partial charge in [0, 0.05) is 11.1 Å². The van der Waals surface area contributed by atoms with Crippen LogP contribution in [-0.2, 0) is 15.3 Å². The second-order valence-corrected chi connectivity index (χ2v) is 4.20. The second-order valence-electron chi connectivity index (χ2n) is 4.20. The Morgan fingerprint density at radius 3 is 2.59 bits per heavy atom. The predicted octanol–water partition coefficient (Wildman–Crippen LogP) is 3.17. The molecule has 3 heteroatoms.